The molecule has 2 rings (SSSR count). The molecule has 0 saturated heterocycles. The summed E-state index contributed by atoms with van der Waals surface area (Å²) in [7, 11) is 0. The second kappa shape index (κ2) is 9.68. The molecular formula is C23H27NO2. The Morgan fingerprint density at radius 3 is 2.46 bits per heavy atom. The van der Waals surface area contributed by atoms with Gasteiger partial charge in [-0.3, -0.25) is 4.79 Å². The van der Waals surface area contributed by atoms with Gasteiger partial charge in [0.05, 0.1) is 12.5 Å². The highest BCUT2D eigenvalue weighted by Gasteiger charge is 2.13. The normalized spacial score (nSPS) is 11.2. The van der Waals surface area contributed by atoms with Crippen molar-refractivity contribution in [1.29, 1.82) is 0 Å². The number of rotatable bonds is 6. The van der Waals surface area contributed by atoms with Crippen molar-refractivity contribution in [3.05, 3.63) is 64.7 Å². The third-order valence-corrected chi connectivity index (χ3v) is 4.17. The van der Waals surface area contributed by atoms with Crippen molar-refractivity contribution in [3.63, 3.8) is 0 Å². The van der Waals surface area contributed by atoms with E-state index >= 15 is 0 Å². The van der Waals surface area contributed by atoms with Crippen LogP contribution in [0.4, 0.5) is 0 Å². The molecule has 3 heteroatoms. The maximum atomic E-state index is 11.9. The fraction of sp³-hybridized carbons (Fsp3) is 0.348. The van der Waals surface area contributed by atoms with Gasteiger partial charge in [0.15, 0.2) is 0 Å². The van der Waals surface area contributed by atoms with E-state index in [1.807, 2.05) is 63.2 Å². The number of aryl methyl sites for hydroxylation is 1. The Kier molecular flexibility index (Phi) is 7.29. The van der Waals surface area contributed by atoms with E-state index in [-0.39, 0.29) is 11.8 Å². The van der Waals surface area contributed by atoms with Gasteiger partial charge in [0.2, 0.25) is 5.91 Å². The summed E-state index contributed by atoms with van der Waals surface area (Å²) in [6.45, 7) is 9.35. The van der Waals surface area contributed by atoms with Gasteiger partial charge < -0.3 is 10.1 Å². The number of carbonyl (C=O) groups is 1. The van der Waals surface area contributed by atoms with Crippen molar-refractivity contribution in [1.82, 2.24) is 5.32 Å². The second-order valence-corrected chi connectivity index (χ2v) is 6.31. The Morgan fingerprint density at radius 1 is 1.12 bits per heavy atom. The first-order chi connectivity index (χ1) is 12.5. The quantitative estimate of drug-likeness (QED) is 0.784. The van der Waals surface area contributed by atoms with Crippen molar-refractivity contribution >= 4 is 5.91 Å². The van der Waals surface area contributed by atoms with Crippen LogP contribution >= 0.6 is 0 Å². The van der Waals surface area contributed by atoms with Crippen LogP contribution in [-0.4, -0.2) is 19.1 Å². The first kappa shape index (κ1) is 19.6. The van der Waals surface area contributed by atoms with Gasteiger partial charge in [0.1, 0.15) is 5.75 Å². The topological polar surface area (TPSA) is 38.3 Å². The first-order valence-electron chi connectivity index (χ1n) is 9.18. The number of likely N-dealkylation sites (N-methyl/N-ethyl adjacent to an activating group) is 1. The van der Waals surface area contributed by atoms with Crippen LogP contribution in [0.1, 0.15) is 55.4 Å². The lowest BCUT2D eigenvalue weighted by Crippen LogP contribution is -2.27. The number of nitrogens with one attached hydrogen (secondary N) is 1. The molecule has 3 nitrogen and oxygen atoms in total. The fourth-order valence-electron chi connectivity index (χ4n) is 2.56. The van der Waals surface area contributed by atoms with Crippen LogP contribution in [0.2, 0.25) is 0 Å². The van der Waals surface area contributed by atoms with Crippen LogP contribution in [-0.2, 0) is 4.79 Å². The summed E-state index contributed by atoms with van der Waals surface area (Å²) in [5.41, 5.74) is 4.03. The van der Waals surface area contributed by atoms with Gasteiger partial charge in [0, 0.05) is 17.7 Å². The number of amides is 1. The molecule has 2 aromatic rings. The van der Waals surface area contributed by atoms with Gasteiger partial charge >= 0.3 is 0 Å². The Bertz CT molecular complexity index is 797. The fourth-order valence-corrected chi connectivity index (χ4v) is 2.56. The lowest BCUT2D eigenvalue weighted by Gasteiger charge is -2.11. The van der Waals surface area contributed by atoms with Crippen LogP contribution in [0.3, 0.4) is 0 Å². The Hall–Kier alpha value is -2.73. The van der Waals surface area contributed by atoms with Crippen molar-refractivity contribution in [2.24, 2.45) is 0 Å². The van der Waals surface area contributed by atoms with Crippen LogP contribution in [0.15, 0.2) is 42.5 Å². The number of hydrogen-bond donors (Lipinski definition) is 1. The predicted molar refractivity (Wildman–Crippen MR) is 106 cm³/mol. The molecule has 0 aromatic heterocycles. The molecule has 1 unspecified atom stereocenters. The molecule has 0 aliphatic rings. The van der Waals surface area contributed by atoms with Gasteiger partial charge in [-0.2, -0.15) is 0 Å². The molecule has 1 N–H and O–H groups in total. The van der Waals surface area contributed by atoms with E-state index in [0.29, 0.717) is 6.54 Å². The third kappa shape index (κ3) is 5.39. The summed E-state index contributed by atoms with van der Waals surface area (Å²) >= 11 is 0. The molecule has 0 aliphatic heterocycles. The lowest BCUT2D eigenvalue weighted by molar-refractivity contribution is -0.122. The summed E-state index contributed by atoms with van der Waals surface area (Å²) in [6, 6.07) is 13.9. The molecule has 0 radical (unpaired) electrons. The highest BCUT2D eigenvalue weighted by Crippen LogP contribution is 2.18. The summed E-state index contributed by atoms with van der Waals surface area (Å²) in [5.74, 6) is 7.19. The van der Waals surface area contributed by atoms with E-state index in [0.717, 1.165) is 41.0 Å². The molecule has 0 spiro atoms. The summed E-state index contributed by atoms with van der Waals surface area (Å²) < 4.78 is 5.65. The number of carbonyl (C=O) groups excluding carboxylic acids is 1. The molecule has 136 valence electrons. The van der Waals surface area contributed by atoms with E-state index in [9.17, 15) is 4.79 Å². The first-order valence-corrected chi connectivity index (χ1v) is 9.18. The van der Waals surface area contributed by atoms with Crippen molar-refractivity contribution in [2.45, 2.75) is 40.0 Å². The minimum absolute atomic E-state index is 0.0485. The average Bonchev–Trinajstić information content (AvgIpc) is 2.65. The highest BCUT2D eigenvalue weighted by molar-refractivity contribution is 5.83. The SMILES string of the molecule is CCCOc1ccc(C#Cc2ccc(C(C)C(=O)NCC)cc2)c(C)c1. The Balaban J connectivity index is 2.09. The van der Waals surface area contributed by atoms with E-state index in [2.05, 4.69) is 24.1 Å². The molecule has 2 aromatic carbocycles. The lowest BCUT2D eigenvalue weighted by atomic mass is 9.99. The average molecular weight is 349 g/mol. The molecule has 0 heterocycles. The molecule has 1 amide bonds. The largest absolute Gasteiger partial charge is 0.494 e. The zero-order chi connectivity index (χ0) is 18.9. The van der Waals surface area contributed by atoms with Crippen molar-refractivity contribution in [2.75, 3.05) is 13.2 Å². The number of benzene rings is 2. The van der Waals surface area contributed by atoms with E-state index in [1.54, 1.807) is 0 Å². The standard InChI is InChI=1S/C23H27NO2/c1-5-15-26-22-14-13-20(17(3)16-22)10-7-19-8-11-21(12-9-19)18(4)23(25)24-6-2/h8-9,11-14,16,18H,5-6,15H2,1-4H3,(H,24,25). The van der Waals surface area contributed by atoms with Crippen LogP contribution in [0.5, 0.6) is 5.75 Å². The Labute approximate surface area is 156 Å². The molecular weight excluding hydrogens is 322 g/mol. The van der Waals surface area contributed by atoms with Gasteiger partial charge in [-0.1, -0.05) is 30.9 Å². The van der Waals surface area contributed by atoms with Gasteiger partial charge in [-0.05, 0) is 68.7 Å². The minimum Gasteiger partial charge on any atom is -0.494 e. The number of hydrogen-bond acceptors (Lipinski definition) is 2. The summed E-state index contributed by atoms with van der Waals surface area (Å²) in [6.07, 6.45) is 0.995. The Morgan fingerprint density at radius 2 is 1.85 bits per heavy atom. The highest BCUT2D eigenvalue weighted by atomic mass is 16.5. The number of ether oxygens (including phenoxy) is 1. The molecule has 0 saturated carbocycles. The van der Waals surface area contributed by atoms with Gasteiger partial charge in [-0.15, -0.1) is 0 Å². The molecule has 26 heavy (non-hydrogen) atoms. The maximum absolute atomic E-state index is 11.9. The summed E-state index contributed by atoms with van der Waals surface area (Å²) in [4.78, 5) is 11.9. The zero-order valence-corrected chi connectivity index (χ0v) is 16.1. The predicted octanol–water partition coefficient (Wildman–Crippen LogP) is 4.42. The van der Waals surface area contributed by atoms with Crippen molar-refractivity contribution < 1.29 is 9.53 Å². The molecule has 0 bridgehead atoms. The van der Waals surface area contributed by atoms with Crippen LogP contribution < -0.4 is 10.1 Å². The van der Waals surface area contributed by atoms with E-state index in [4.69, 9.17) is 4.74 Å². The van der Waals surface area contributed by atoms with Gasteiger partial charge in [-0.25, -0.2) is 0 Å². The van der Waals surface area contributed by atoms with Crippen LogP contribution in [0, 0.1) is 18.8 Å². The zero-order valence-electron chi connectivity index (χ0n) is 16.1. The maximum Gasteiger partial charge on any atom is 0.227 e. The molecule has 0 aliphatic carbocycles. The summed E-state index contributed by atoms with van der Waals surface area (Å²) in [5, 5.41) is 2.85. The second-order valence-electron chi connectivity index (χ2n) is 6.31. The van der Waals surface area contributed by atoms with Crippen LogP contribution in [0.25, 0.3) is 0 Å². The third-order valence-electron chi connectivity index (χ3n) is 4.17. The minimum atomic E-state index is -0.158. The van der Waals surface area contributed by atoms with Crippen molar-refractivity contribution in [3.8, 4) is 17.6 Å². The van der Waals surface area contributed by atoms with Gasteiger partial charge in [0.25, 0.3) is 0 Å². The monoisotopic (exact) mass is 349 g/mol. The smallest absolute Gasteiger partial charge is 0.227 e. The van der Waals surface area contributed by atoms with E-state index in [1.165, 1.54) is 0 Å². The molecule has 1 atom stereocenters. The van der Waals surface area contributed by atoms with E-state index < -0.39 is 0 Å². The molecule has 0 fully saturated rings.